The van der Waals surface area contributed by atoms with Gasteiger partial charge in [-0.1, -0.05) is 53.9 Å². The third-order valence-electron chi connectivity index (χ3n) is 1.48. The molecule has 0 N–H and O–H groups in total. The van der Waals surface area contributed by atoms with Crippen LogP contribution in [0.4, 0.5) is 0 Å². The number of rotatable bonds is 3. The van der Waals surface area contributed by atoms with Crippen LogP contribution in [-0.2, 0) is 0 Å². The van der Waals surface area contributed by atoms with E-state index in [9.17, 15) is 0 Å². The molecule has 0 aromatic heterocycles. The molecule has 0 saturated carbocycles. The van der Waals surface area contributed by atoms with Crippen LogP contribution in [0.15, 0.2) is 13.2 Å². The third-order valence-corrected chi connectivity index (χ3v) is 1.48. The summed E-state index contributed by atoms with van der Waals surface area (Å²) in [4.78, 5) is 0. The first kappa shape index (κ1) is 17.0. The van der Waals surface area contributed by atoms with Crippen LogP contribution < -0.4 is 0 Å². The molecular formula is C11H26. The van der Waals surface area contributed by atoms with Crippen molar-refractivity contribution in [2.45, 2.75) is 53.9 Å². The largest absolute Gasteiger partial charge is 0.106 e. The summed E-state index contributed by atoms with van der Waals surface area (Å²) in [7, 11) is 0. The molecule has 0 radical (unpaired) electrons. The van der Waals surface area contributed by atoms with Gasteiger partial charge in [-0.25, -0.2) is 0 Å². The molecule has 0 saturated heterocycles. The highest BCUT2D eigenvalue weighted by Gasteiger charge is 1.92. The van der Waals surface area contributed by atoms with Gasteiger partial charge in [0.05, 0.1) is 0 Å². The van der Waals surface area contributed by atoms with Gasteiger partial charge in [0.2, 0.25) is 0 Å². The van der Waals surface area contributed by atoms with E-state index in [2.05, 4.69) is 33.9 Å². The van der Waals surface area contributed by atoms with Crippen molar-refractivity contribution in [1.29, 1.82) is 0 Å². The fourth-order valence-corrected chi connectivity index (χ4v) is 0.697. The van der Waals surface area contributed by atoms with Crippen LogP contribution in [-0.4, -0.2) is 0 Å². The monoisotopic (exact) mass is 158 g/mol. The van der Waals surface area contributed by atoms with Crippen LogP contribution in [0.25, 0.3) is 0 Å². The second-order valence-corrected chi connectivity index (χ2v) is 2.30. The highest BCUT2D eigenvalue weighted by Crippen LogP contribution is 2.07. The van der Waals surface area contributed by atoms with Gasteiger partial charge in [-0.3, -0.25) is 0 Å². The molecule has 0 aliphatic carbocycles. The molecule has 0 aliphatic rings. The molecule has 0 aromatic rings. The van der Waals surface area contributed by atoms with E-state index in [4.69, 9.17) is 0 Å². The average molecular weight is 158 g/mol. The van der Waals surface area contributed by atoms with E-state index in [1.165, 1.54) is 19.3 Å². The first-order valence-electron chi connectivity index (χ1n) is 4.81. The second-order valence-electron chi connectivity index (χ2n) is 2.30. The summed E-state index contributed by atoms with van der Waals surface area (Å²) in [6.45, 7) is 16.8. The minimum absolute atomic E-state index is 0.949. The Balaban J connectivity index is -0.000000138. The average Bonchev–Trinajstić information content (AvgIpc) is 2.12. The van der Waals surface area contributed by atoms with Crippen molar-refractivity contribution in [3.05, 3.63) is 13.2 Å². The molecule has 0 rings (SSSR count). The predicted molar refractivity (Wildman–Crippen MR) is 57.0 cm³/mol. The molecule has 0 heteroatoms. The van der Waals surface area contributed by atoms with Crippen LogP contribution in [0.5, 0.6) is 0 Å². The first-order chi connectivity index (χ1) is 5.31. The Kier molecular flexibility index (Phi) is 34.9. The summed E-state index contributed by atoms with van der Waals surface area (Å²) in [5, 5.41) is 0. The lowest BCUT2D eigenvalue weighted by Crippen LogP contribution is -1.88. The SMILES string of the molecule is C=C.CC.CCCC(C)CC. The molecule has 0 amide bonds. The fraction of sp³-hybridized carbons (Fsp3) is 0.818. The standard InChI is InChI=1S/C7H16.C2H6.C2H4/c1-4-6-7(3)5-2;2*1-2/h7H,4-6H2,1-3H3;1-2H3;1-2H2. The highest BCUT2D eigenvalue weighted by atomic mass is 14.0. The van der Waals surface area contributed by atoms with E-state index >= 15 is 0 Å². The zero-order chi connectivity index (χ0) is 9.70. The maximum atomic E-state index is 3.00. The topological polar surface area (TPSA) is 0 Å². The Labute approximate surface area is 73.7 Å². The maximum absolute atomic E-state index is 3.00. The van der Waals surface area contributed by atoms with Gasteiger partial charge in [0.25, 0.3) is 0 Å². The van der Waals surface area contributed by atoms with Crippen molar-refractivity contribution in [2.75, 3.05) is 0 Å². The van der Waals surface area contributed by atoms with Gasteiger partial charge in [0, 0.05) is 0 Å². The summed E-state index contributed by atoms with van der Waals surface area (Å²) in [6, 6.07) is 0. The zero-order valence-corrected chi connectivity index (χ0v) is 9.11. The van der Waals surface area contributed by atoms with E-state index in [1.807, 2.05) is 13.8 Å². The van der Waals surface area contributed by atoms with Crippen molar-refractivity contribution in [1.82, 2.24) is 0 Å². The molecule has 0 bridgehead atoms. The highest BCUT2D eigenvalue weighted by molar-refractivity contribution is 4.45. The van der Waals surface area contributed by atoms with Crippen LogP contribution in [0, 0.1) is 5.92 Å². The molecule has 0 aliphatic heterocycles. The minimum atomic E-state index is 0.949. The fourth-order valence-electron chi connectivity index (χ4n) is 0.697. The van der Waals surface area contributed by atoms with Crippen LogP contribution >= 0.6 is 0 Å². The van der Waals surface area contributed by atoms with E-state index in [1.54, 1.807) is 0 Å². The predicted octanol–water partition coefficient (Wildman–Crippen LogP) is 4.66. The van der Waals surface area contributed by atoms with E-state index in [0.717, 1.165) is 5.92 Å². The molecule has 0 heterocycles. The molecule has 70 valence electrons. The molecule has 1 unspecified atom stereocenters. The Hall–Kier alpha value is -0.260. The normalized spacial score (nSPS) is 9.91. The Morgan fingerprint density at radius 1 is 1.09 bits per heavy atom. The van der Waals surface area contributed by atoms with Gasteiger partial charge in [-0.15, -0.1) is 13.2 Å². The zero-order valence-electron chi connectivity index (χ0n) is 9.11. The van der Waals surface area contributed by atoms with E-state index in [0.29, 0.717) is 0 Å². The summed E-state index contributed by atoms with van der Waals surface area (Å²) in [5.41, 5.74) is 0. The molecule has 1 atom stereocenters. The lowest BCUT2D eigenvalue weighted by molar-refractivity contribution is 0.509. The maximum Gasteiger partial charge on any atom is -0.0446 e. The van der Waals surface area contributed by atoms with E-state index < -0.39 is 0 Å². The Morgan fingerprint density at radius 2 is 1.45 bits per heavy atom. The number of hydrogen-bond donors (Lipinski definition) is 0. The summed E-state index contributed by atoms with van der Waals surface area (Å²) in [5.74, 6) is 0.949. The van der Waals surface area contributed by atoms with Gasteiger partial charge in [0.1, 0.15) is 0 Å². The quantitative estimate of drug-likeness (QED) is 0.524. The van der Waals surface area contributed by atoms with Crippen molar-refractivity contribution in [3.63, 3.8) is 0 Å². The molecular weight excluding hydrogens is 132 g/mol. The van der Waals surface area contributed by atoms with Crippen LogP contribution in [0.2, 0.25) is 0 Å². The molecule has 0 nitrogen and oxygen atoms in total. The Bertz CT molecular complexity index is 39.3. The second kappa shape index (κ2) is 22.6. The van der Waals surface area contributed by atoms with Crippen molar-refractivity contribution in [2.24, 2.45) is 5.92 Å². The third kappa shape index (κ3) is 26.0. The van der Waals surface area contributed by atoms with Crippen LogP contribution in [0.1, 0.15) is 53.9 Å². The van der Waals surface area contributed by atoms with Gasteiger partial charge < -0.3 is 0 Å². The van der Waals surface area contributed by atoms with Gasteiger partial charge in [-0.2, -0.15) is 0 Å². The first-order valence-corrected chi connectivity index (χ1v) is 4.81. The lowest BCUT2D eigenvalue weighted by Gasteiger charge is -2.02. The molecule has 11 heavy (non-hydrogen) atoms. The molecule has 0 spiro atoms. The van der Waals surface area contributed by atoms with Crippen molar-refractivity contribution in [3.8, 4) is 0 Å². The van der Waals surface area contributed by atoms with Gasteiger partial charge in [0.15, 0.2) is 0 Å². The van der Waals surface area contributed by atoms with Gasteiger partial charge >= 0.3 is 0 Å². The summed E-state index contributed by atoms with van der Waals surface area (Å²) >= 11 is 0. The smallest absolute Gasteiger partial charge is 0.0446 e. The lowest BCUT2D eigenvalue weighted by atomic mass is 10.0. The minimum Gasteiger partial charge on any atom is -0.106 e. The van der Waals surface area contributed by atoms with E-state index in [-0.39, 0.29) is 0 Å². The van der Waals surface area contributed by atoms with Gasteiger partial charge in [-0.05, 0) is 5.92 Å². The summed E-state index contributed by atoms with van der Waals surface area (Å²) < 4.78 is 0. The summed E-state index contributed by atoms with van der Waals surface area (Å²) in [6.07, 6.45) is 4.08. The van der Waals surface area contributed by atoms with Crippen LogP contribution in [0.3, 0.4) is 0 Å². The Morgan fingerprint density at radius 3 is 1.55 bits per heavy atom. The molecule has 0 aromatic carbocycles. The van der Waals surface area contributed by atoms with Crippen molar-refractivity contribution < 1.29 is 0 Å². The van der Waals surface area contributed by atoms with Crippen molar-refractivity contribution >= 4 is 0 Å². The number of hydrogen-bond acceptors (Lipinski definition) is 0. The molecule has 0 fully saturated rings.